The largest absolute Gasteiger partial charge is 1.00 e. The summed E-state index contributed by atoms with van der Waals surface area (Å²) in [6, 6.07) is 0. The predicted molar refractivity (Wildman–Crippen MR) is 43.5 cm³/mol. The fraction of sp³-hybridized carbons (Fsp3) is 0.375. The molecule has 0 aliphatic rings. The monoisotopic (exact) mass is 174 g/mol. The topological polar surface area (TPSA) is 0 Å². The summed E-state index contributed by atoms with van der Waals surface area (Å²) >= 11 is 0. The van der Waals surface area contributed by atoms with Crippen LogP contribution < -0.4 is 51.4 Å². The van der Waals surface area contributed by atoms with Crippen molar-refractivity contribution in [3.63, 3.8) is 0 Å². The van der Waals surface area contributed by atoms with Crippen LogP contribution in [0.2, 0.25) is 19.6 Å². The van der Waals surface area contributed by atoms with Gasteiger partial charge in [-0.2, -0.15) is 6.58 Å². The van der Waals surface area contributed by atoms with E-state index in [0.29, 0.717) is 0 Å². The Labute approximate surface area is 107 Å². The van der Waals surface area contributed by atoms with Crippen LogP contribution in [-0.4, -0.2) is 8.07 Å². The van der Waals surface area contributed by atoms with E-state index in [1.165, 1.54) is 0 Å². The maximum Gasteiger partial charge on any atom is 1.00 e. The van der Waals surface area contributed by atoms with Gasteiger partial charge in [0, 0.05) is 8.07 Å². The maximum atomic E-state index is 3.36. The van der Waals surface area contributed by atoms with Crippen LogP contribution >= 0.6 is 0 Å². The molecule has 0 amide bonds. The first-order valence-electron chi connectivity index (χ1n) is 2.85. The third-order valence-electron chi connectivity index (χ3n) is 0.588. The molecule has 0 radical (unpaired) electrons. The summed E-state index contributed by atoms with van der Waals surface area (Å²) in [5.74, 6) is 2.76. The van der Waals surface area contributed by atoms with Crippen molar-refractivity contribution in [2.75, 3.05) is 0 Å². The normalized spacial score (nSPS) is 7.90. The van der Waals surface area contributed by atoms with E-state index in [4.69, 9.17) is 0 Å². The van der Waals surface area contributed by atoms with Gasteiger partial charge in [-0.15, -0.1) is 0 Å². The third-order valence-corrected chi connectivity index (χ3v) is 1.46. The number of hydrogen-bond acceptors (Lipinski definition) is 0. The minimum absolute atomic E-state index is 0. The zero-order valence-electron chi connectivity index (χ0n) is 7.21. The first kappa shape index (κ1) is 13.5. The molecule has 48 valence electrons. The van der Waals surface area contributed by atoms with Crippen molar-refractivity contribution in [1.29, 1.82) is 0 Å². The second-order valence-corrected chi connectivity index (χ2v) is 7.55. The molecule has 0 aromatic carbocycles. The molecule has 0 spiro atoms. The van der Waals surface area contributed by atoms with Gasteiger partial charge in [0.2, 0.25) is 0 Å². The Kier molecular flexibility index (Phi) is 8.96. The Balaban J connectivity index is 0. The molecule has 0 unspecified atom stereocenters. The number of hydrogen-bond donors (Lipinski definition) is 0. The molecular formula is C8H11KSi. The maximum absolute atomic E-state index is 3.36. The van der Waals surface area contributed by atoms with Crippen molar-refractivity contribution in [2.45, 2.75) is 19.6 Å². The molecule has 0 heterocycles. The summed E-state index contributed by atoms with van der Waals surface area (Å²) < 4.78 is 0. The van der Waals surface area contributed by atoms with E-state index in [-0.39, 0.29) is 51.4 Å². The van der Waals surface area contributed by atoms with Gasteiger partial charge in [-0.3, -0.25) is 11.3 Å². The molecule has 0 rings (SSSR count). The summed E-state index contributed by atoms with van der Waals surface area (Å²) in [5.41, 5.74) is 5.59. The quantitative estimate of drug-likeness (QED) is 0.192. The Hall–Kier alpha value is 0.933. The molecule has 0 nitrogen and oxygen atoms in total. The van der Waals surface area contributed by atoms with Gasteiger partial charge in [-0.05, 0) is 0 Å². The average Bonchev–Trinajstić information content (AvgIpc) is 1.63. The Morgan fingerprint density at radius 3 is 2.10 bits per heavy atom. The van der Waals surface area contributed by atoms with Gasteiger partial charge >= 0.3 is 51.4 Å². The van der Waals surface area contributed by atoms with Crippen LogP contribution in [-0.2, 0) is 0 Å². The molecule has 0 saturated heterocycles. The fourth-order valence-corrected chi connectivity index (χ4v) is 0.700. The minimum Gasteiger partial charge on any atom is -0.257 e. The summed E-state index contributed by atoms with van der Waals surface area (Å²) in [4.78, 5) is 0. The van der Waals surface area contributed by atoms with E-state index in [2.05, 4.69) is 49.5 Å². The van der Waals surface area contributed by atoms with Crippen LogP contribution in [0, 0.1) is 17.5 Å². The molecule has 0 atom stereocenters. The van der Waals surface area contributed by atoms with E-state index in [0.717, 1.165) is 0 Å². The van der Waals surface area contributed by atoms with Gasteiger partial charge in [0.15, 0.2) is 0 Å². The van der Waals surface area contributed by atoms with Crippen LogP contribution in [0.25, 0.3) is 0 Å². The number of allylic oxidation sites excluding steroid dienone is 1. The summed E-state index contributed by atoms with van der Waals surface area (Å²) in [6.07, 6.45) is 2.62. The van der Waals surface area contributed by atoms with Crippen LogP contribution in [0.15, 0.2) is 12.3 Å². The molecule has 0 aliphatic heterocycles. The molecule has 0 fully saturated rings. The van der Waals surface area contributed by atoms with Gasteiger partial charge in [0.05, 0.1) is 0 Å². The molecule has 0 bridgehead atoms. The minimum atomic E-state index is -1.19. The number of rotatable bonds is 0. The summed E-state index contributed by atoms with van der Waals surface area (Å²) in [7, 11) is -1.19. The first-order valence-corrected chi connectivity index (χ1v) is 6.35. The van der Waals surface area contributed by atoms with Crippen LogP contribution in [0.5, 0.6) is 0 Å². The fourth-order valence-electron chi connectivity index (χ4n) is 0.263. The second-order valence-electron chi connectivity index (χ2n) is 2.80. The first-order chi connectivity index (χ1) is 4.06. The second kappa shape index (κ2) is 6.63. The Morgan fingerprint density at radius 2 is 1.80 bits per heavy atom. The van der Waals surface area contributed by atoms with Crippen molar-refractivity contribution >= 4 is 8.07 Å². The van der Waals surface area contributed by atoms with E-state index < -0.39 is 8.07 Å². The molecule has 2 heteroatoms. The van der Waals surface area contributed by atoms with Crippen molar-refractivity contribution in [3.05, 3.63) is 18.4 Å². The molecule has 0 aromatic rings. The van der Waals surface area contributed by atoms with E-state index >= 15 is 0 Å². The summed E-state index contributed by atoms with van der Waals surface area (Å²) in [5, 5.41) is 0. The Morgan fingerprint density at radius 1 is 1.30 bits per heavy atom. The van der Waals surface area contributed by atoms with Gasteiger partial charge in [-0.25, -0.2) is 5.92 Å². The van der Waals surface area contributed by atoms with Crippen molar-refractivity contribution in [1.82, 2.24) is 0 Å². The van der Waals surface area contributed by atoms with Gasteiger partial charge in [0.25, 0.3) is 0 Å². The molecule has 10 heavy (non-hydrogen) atoms. The van der Waals surface area contributed by atoms with Gasteiger partial charge in [-0.1, -0.05) is 25.7 Å². The van der Waals surface area contributed by atoms with Crippen LogP contribution in [0.4, 0.5) is 0 Å². The molecule has 0 aliphatic carbocycles. The van der Waals surface area contributed by atoms with Crippen LogP contribution in [0.3, 0.4) is 0 Å². The van der Waals surface area contributed by atoms with E-state index in [1.54, 1.807) is 0 Å². The van der Waals surface area contributed by atoms with Gasteiger partial charge in [0.1, 0.15) is 0 Å². The Bertz CT molecular complexity index is 184. The van der Waals surface area contributed by atoms with Crippen molar-refractivity contribution in [3.8, 4) is 11.5 Å². The zero-order valence-corrected chi connectivity index (χ0v) is 11.3. The summed E-state index contributed by atoms with van der Waals surface area (Å²) in [6.45, 7) is 9.91. The standard InChI is InChI=1S/C8H11Si.K/c1-5-6-7-8-9(2,3)4;/h1H2,2-4H3;/q-1;+1. The molecular weight excluding hydrogens is 163 g/mol. The molecule has 0 saturated carbocycles. The molecule has 0 aromatic heterocycles. The molecule has 0 N–H and O–H groups in total. The zero-order chi connectivity index (χ0) is 7.33. The predicted octanol–water partition coefficient (Wildman–Crippen LogP) is -0.985. The van der Waals surface area contributed by atoms with Gasteiger partial charge < -0.3 is 0 Å². The van der Waals surface area contributed by atoms with E-state index in [9.17, 15) is 0 Å². The van der Waals surface area contributed by atoms with Crippen LogP contribution in [0.1, 0.15) is 0 Å². The van der Waals surface area contributed by atoms with E-state index in [1.807, 2.05) is 0 Å². The SMILES string of the molecule is C=C=[C-]C#C[Si](C)(C)C.[K+]. The smallest absolute Gasteiger partial charge is 0.257 e. The third kappa shape index (κ3) is 11.7. The average molecular weight is 174 g/mol. The van der Waals surface area contributed by atoms with Crippen molar-refractivity contribution in [2.24, 2.45) is 0 Å². The van der Waals surface area contributed by atoms with Crippen molar-refractivity contribution < 1.29 is 51.4 Å².